The Kier molecular flexibility index (Phi) is 9.64. The molecule has 0 aliphatic carbocycles. The zero-order chi connectivity index (χ0) is 13.8. The van der Waals surface area contributed by atoms with Gasteiger partial charge in [-0.25, -0.2) is 9.59 Å². The summed E-state index contributed by atoms with van der Waals surface area (Å²) in [5.74, 6) is -0.761. The van der Waals surface area contributed by atoms with Crippen molar-refractivity contribution in [3.63, 3.8) is 0 Å². The average Bonchev–Trinajstić information content (AvgIpc) is 2.40. The molecule has 4 nitrogen and oxygen atoms in total. The third-order valence-electron chi connectivity index (χ3n) is 2.49. The molecule has 0 bridgehead atoms. The highest BCUT2D eigenvalue weighted by Gasteiger charge is 2.09. The molecule has 0 radical (unpaired) electrons. The number of unbranched alkanes of at least 4 members (excludes halogenated alkanes) is 2. The van der Waals surface area contributed by atoms with Crippen molar-refractivity contribution in [1.82, 2.24) is 0 Å². The maximum absolute atomic E-state index is 11.0. The molecule has 4 heteroatoms. The van der Waals surface area contributed by atoms with Crippen LogP contribution in [0.1, 0.15) is 39.0 Å². The van der Waals surface area contributed by atoms with Crippen LogP contribution >= 0.6 is 0 Å². The zero-order valence-corrected chi connectivity index (χ0v) is 11.0. The van der Waals surface area contributed by atoms with E-state index in [1.807, 2.05) is 6.92 Å². The molecule has 0 aliphatic heterocycles. The number of carbonyl (C=O) groups is 2. The second-order valence-corrected chi connectivity index (χ2v) is 3.89. The Labute approximate surface area is 109 Å². The van der Waals surface area contributed by atoms with E-state index in [4.69, 9.17) is 9.47 Å². The monoisotopic (exact) mass is 254 g/mol. The Hall–Kier alpha value is -1.58. The minimum atomic E-state index is -0.388. The van der Waals surface area contributed by atoms with Gasteiger partial charge in [-0.15, -0.1) is 0 Å². The van der Waals surface area contributed by atoms with Crippen LogP contribution in [-0.4, -0.2) is 24.6 Å². The second kappa shape index (κ2) is 10.6. The lowest BCUT2D eigenvalue weighted by atomic mass is 10.1. The summed E-state index contributed by atoms with van der Waals surface area (Å²) in [5.41, 5.74) is 0. The van der Waals surface area contributed by atoms with E-state index in [0.29, 0.717) is 6.61 Å². The molecule has 0 rings (SSSR count). The van der Waals surface area contributed by atoms with Crippen molar-refractivity contribution in [2.75, 3.05) is 6.61 Å². The molecule has 0 aromatic carbocycles. The summed E-state index contributed by atoms with van der Waals surface area (Å²) in [6.07, 6.45) is 6.59. The third-order valence-corrected chi connectivity index (χ3v) is 2.49. The van der Waals surface area contributed by atoms with E-state index in [-0.39, 0.29) is 18.0 Å². The van der Waals surface area contributed by atoms with Crippen LogP contribution in [0.25, 0.3) is 0 Å². The van der Waals surface area contributed by atoms with Gasteiger partial charge in [0.2, 0.25) is 0 Å². The summed E-state index contributed by atoms with van der Waals surface area (Å²) in [4.78, 5) is 21.8. The summed E-state index contributed by atoms with van der Waals surface area (Å²) < 4.78 is 10.0. The molecule has 0 aromatic heterocycles. The zero-order valence-electron chi connectivity index (χ0n) is 11.0. The molecule has 0 spiro atoms. The van der Waals surface area contributed by atoms with Gasteiger partial charge in [0.15, 0.2) is 0 Å². The fourth-order valence-electron chi connectivity index (χ4n) is 1.44. The quantitative estimate of drug-likeness (QED) is 0.342. The molecule has 1 unspecified atom stereocenters. The molecule has 0 heterocycles. The largest absolute Gasteiger partial charge is 0.463 e. The summed E-state index contributed by atoms with van der Waals surface area (Å²) in [6, 6.07) is 0. The Morgan fingerprint density at radius 3 is 2.33 bits per heavy atom. The third kappa shape index (κ3) is 8.56. The molecule has 0 aromatic rings. The van der Waals surface area contributed by atoms with Crippen molar-refractivity contribution in [2.45, 2.75) is 45.1 Å². The molecule has 0 saturated heterocycles. The summed E-state index contributed by atoms with van der Waals surface area (Å²) >= 11 is 0. The highest BCUT2D eigenvalue weighted by molar-refractivity contribution is 5.81. The molecular weight excluding hydrogens is 232 g/mol. The SMILES string of the molecule is C=CC(=O)OCCCCCC(CC)OC(=O)C=C. The van der Waals surface area contributed by atoms with Crippen molar-refractivity contribution in [3.8, 4) is 0 Å². The van der Waals surface area contributed by atoms with Gasteiger partial charge in [0.25, 0.3) is 0 Å². The normalized spacial score (nSPS) is 11.4. The number of rotatable bonds is 10. The molecule has 0 fully saturated rings. The van der Waals surface area contributed by atoms with E-state index in [1.165, 1.54) is 6.08 Å². The molecule has 0 N–H and O–H groups in total. The fraction of sp³-hybridized carbons (Fsp3) is 0.571. The predicted molar refractivity (Wildman–Crippen MR) is 70.0 cm³/mol. The topological polar surface area (TPSA) is 52.6 Å². The van der Waals surface area contributed by atoms with E-state index >= 15 is 0 Å². The molecule has 0 saturated carbocycles. The number of hydrogen-bond acceptors (Lipinski definition) is 4. The first-order valence-corrected chi connectivity index (χ1v) is 6.26. The van der Waals surface area contributed by atoms with Crippen LogP contribution in [0.2, 0.25) is 0 Å². The lowest BCUT2D eigenvalue weighted by Crippen LogP contribution is -2.15. The minimum Gasteiger partial charge on any atom is -0.463 e. The van der Waals surface area contributed by atoms with Gasteiger partial charge < -0.3 is 9.47 Å². The standard InChI is InChI=1S/C14H22O4/c1-4-12(18-14(16)6-3)10-8-7-9-11-17-13(15)5-2/h5-6,12H,2-4,7-11H2,1H3. The molecule has 0 amide bonds. The molecule has 102 valence electrons. The van der Waals surface area contributed by atoms with E-state index in [9.17, 15) is 9.59 Å². The molecule has 18 heavy (non-hydrogen) atoms. The first-order valence-electron chi connectivity index (χ1n) is 6.26. The van der Waals surface area contributed by atoms with Crippen LogP contribution in [-0.2, 0) is 19.1 Å². The Morgan fingerprint density at radius 2 is 1.78 bits per heavy atom. The van der Waals surface area contributed by atoms with Crippen molar-refractivity contribution in [2.24, 2.45) is 0 Å². The van der Waals surface area contributed by atoms with Crippen molar-refractivity contribution < 1.29 is 19.1 Å². The highest BCUT2D eigenvalue weighted by Crippen LogP contribution is 2.10. The van der Waals surface area contributed by atoms with Crippen LogP contribution < -0.4 is 0 Å². The van der Waals surface area contributed by atoms with Gasteiger partial charge >= 0.3 is 11.9 Å². The van der Waals surface area contributed by atoms with E-state index in [0.717, 1.165) is 38.2 Å². The average molecular weight is 254 g/mol. The van der Waals surface area contributed by atoms with E-state index in [2.05, 4.69) is 13.2 Å². The van der Waals surface area contributed by atoms with Gasteiger partial charge in [0.05, 0.1) is 6.61 Å². The van der Waals surface area contributed by atoms with Crippen molar-refractivity contribution >= 4 is 11.9 Å². The highest BCUT2D eigenvalue weighted by atomic mass is 16.5. The van der Waals surface area contributed by atoms with Gasteiger partial charge in [-0.05, 0) is 32.1 Å². The summed E-state index contributed by atoms with van der Waals surface area (Å²) in [7, 11) is 0. The Morgan fingerprint density at radius 1 is 1.11 bits per heavy atom. The molecular formula is C14H22O4. The van der Waals surface area contributed by atoms with Gasteiger partial charge in [-0.2, -0.15) is 0 Å². The minimum absolute atomic E-state index is 0.0498. The number of hydrogen-bond donors (Lipinski definition) is 0. The second-order valence-electron chi connectivity index (χ2n) is 3.89. The van der Waals surface area contributed by atoms with Crippen molar-refractivity contribution in [1.29, 1.82) is 0 Å². The first kappa shape index (κ1) is 16.4. The number of esters is 2. The van der Waals surface area contributed by atoms with Gasteiger partial charge in [-0.1, -0.05) is 20.1 Å². The molecule has 1 atom stereocenters. The van der Waals surface area contributed by atoms with Crippen LogP contribution in [0, 0.1) is 0 Å². The van der Waals surface area contributed by atoms with Gasteiger partial charge in [0.1, 0.15) is 6.10 Å². The fourth-order valence-corrected chi connectivity index (χ4v) is 1.44. The van der Waals surface area contributed by atoms with Gasteiger partial charge in [-0.3, -0.25) is 0 Å². The van der Waals surface area contributed by atoms with Crippen LogP contribution in [0.5, 0.6) is 0 Å². The van der Waals surface area contributed by atoms with Crippen LogP contribution in [0.4, 0.5) is 0 Å². The number of carbonyl (C=O) groups excluding carboxylic acids is 2. The summed E-state index contributed by atoms with van der Waals surface area (Å²) in [5, 5.41) is 0. The maximum Gasteiger partial charge on any atom is 0.330 e. The number of ether oxygens (including phenoxy) is 2. The Bertz CT molecular complexity index is 284. The lowest BCUT2D eigenvalue weighted by molar-refractivity contribution is -0.143. The first-order chi connectivity index (χ1) is 8.63. The maximum atomic E-state index is 11.0. The van der Waals surface area contributed by atoms with Gasteiger partial charge in [0, 0.05) is 12.2 Å². The predicted octanol–water partition coefficient (Wildman–Crippen LogP) is 2.78. The van der Waals surface area contributed by atoms with Crippen molar-refractivity contribution in [3.05, 3.63) is 25.3 Å². The Balaban J connectivity index is 3.56. The van der Waals surface area contributed by atoms with E-state index in [1.54, 1.807) is 0 Å². The van der Waals surface area contributed by atoms with E-state index < -0.39 is 0 Å². The molecule has 0 aliphatic rings. The van der Waals surface area contributed by atoms with Crippen LogP contribution in [0.3, 0.4) is 0 Å². The smallest absolute Gasteiger partial charge is 0.330 e. The summed E-state index contributed by atoms with van der Waals surface area (Å²) in [6.45, 7) is 9.07. The van der Waals surface area contributed by atoms with Crippen LogP contribution in [0.15, 0.2) is 25.3 Å². The lowest BCUT2D eigenvalue weighted by Gasteiger charge is -2.14.